The predicted molar refractivity (Wildman–Crippen MR) is 106 cm³/mol. The van der Waals surface area contributed by atoms with Gasteiger partial charge in [0.2, 0.25) is 0 Å². The maximum Gasteiger partial charge on any atom is 0.387 e. The molecule has 1 amide bonds. The first-order chi connectivity index (χ1) is 14.5. The SMILES string of the molecule is O=C(Nc1cccc(Cn2nc3ccccn3c2=O)c1)c1cccc(OC(F)F)c1. The minimum Gasteiger partial charge on any atom is -0.435 e. The second-order valence-electron chi connectivity index (χ2n) is 6.43. The molecule has 2 aromatic carbocycles. The van der Waals surface area contributed by atoms with E-state index >= 15 is 0 Å². The minimum atomic E-state index is -2.97. The van der Waals surface area contributed by atoms with Crippen LogP contribution in [0.2, 0.25) is 0 Å². The van der Waals surface area contributed by atoms with Crippen LogP contribution in [0, 0.1) is 0 Å². The number of rotatable bonds is 6. The van der Waals surface area contributed by atoms with E-state index in [4.69, 9.17) is 0 Å². The van der Waals surface area contributed by atoms with Crippen LogP contribution in [0.4, 0.5) is 14.5 Å². The molecule has 2 aromatic heterocycles. The number of nitrogens with one attached hydrogen (secondary N) is 1. The van der Waals surface area contributed by atoms with Gasteiger partial charge < -0.3 is 10.1 Å². The number of aromatic nitrogens is 3. The number of hydrogen-bond donors (Lipinski definition) is 1. The third-order valence-corrected chi connectivity index (χ3v) is 4.33. The Kier molecular flexibility index (Phi) is 5.25. The zero-order valence-corrected chi connectivity index (χ0v) is 15.5. The van der Waals surface area contributed by atoms with E-state index in [1.807, 2.05) is 6.07 Å². The van der Waals surface area contributed by atoms with Crippen molar-refractivity contribution < 1.29 is 18.3 Å². The van der Waals surface area contributed by atoms with Gasteiger partial charge in [-0.2, -0.15) is 8.78 Å². The number of fused-ring (bicyclic) bond motifs is 1. The van der Waals surface area contributed by atoms with Gasteiger partial charge in [0.25, 0.3) is 5.91 Å². The van der Waals surface area contributed by atoms with E-state index in [9.17, 15) is 18.4 Å². The van der Waals surface area contributed by atoms with Crippen molar-refractivity contribution in [2.75, 3.05) is 5.32 Å². The smallest absolute Gasteiger partial charge is 0.387 e. The van der Waals surface area contributed by atoms with Gasteiger partial charge in [0.1, 0.15) is 5.75 Å². The molecule has 9 heteroatoms. The standard InChI is InChI=1S/C21H16F2N4O3/c22-20(23)30-17-8-4-6-15(12-17)19(28)24-16-7-3-5-14(11-16)13-27-21(29)26-10-2-1-9-18(26)25-27/h1-12,20H,13H2,(H,24,28). The number of alkyl halides is 2. The van der Waals surface area contributed by atoms with Crippen molar-refractivity contribution in [1.82, 2.24) is 14.2 Å². The van der Waals surface area contributed by atoms with Crippen LogP contribution in [-0.4, -0.2) is 26.7 Å². The third kappa shape index (κ3) is 4.19. The normalized spacial score (nSPS) is 11.0. The zero-order chi connectivity index (χ0) is 21.1. The molecule has 0 spiro atoms. The summed E-state index contributed by atoms with van der Waals surface area (Å²) in [5.41, 5.74) is 1.70. The van der Waals surface area contributed by atoms with Crippen molar-refractivity contribution in [3.63, 3.8) is 0 Å². The molecular formula is C21H16F2N4O3. The first-order valence-electron chi connectivity index (χ1n) is 8.99. The Labute approximate surface area is 169 Å². The van der Waals surface area contributed by atoms with Crippen molar-refractivity contribution in [3.8, 4) is 5.75 Å². The summed E-state index contributed by atoms with van der Waals surface area (Å²) in [6.45, 7) is -2.75. The van der Waals surface area contributed by atoms with Crippen molar-refractivity contribution >= 4 is 17.2 Å². The lowest BCUT2D eigenvalue weighted by Crippen LogP contribution is -2.21. The predicted octanol–water partition coefficient (Wildman–Crippen LogP) is 3.40. The lowest BCUT2D eigenvalue weighted by Gasteiger charge is -2.09. The largest absolute Gasteiger partial charge is 0.435 e. The van der Waals surface area contributed by atoms with E-state index in [2.05, 4.69) is 15.2 Å². The van der Waals surface area contributed by atoms with Gasteiger partial charge in [0, 0.05) is 17.4 Å². The van der Waals surface area contributed by atoms with Gasteiger partial charge in [-0.1, -0.05) is 24.3 Å². The monoisotopic (exact) mass is 410 g/mol. The van der Waals surface area contributed by atoms with Gasteiger partial charge >= 0.3 is 12.3 Å². The number of amides is 1. The van der Waals surface area contributed by atoms with Crippen LogP contribution in [-0.2, 0) is 6.54 Å². The van der Waals surface area contributed by atoms with Crippen LogP contribution in [0.15, 0.2) is 77.7 Å². The second-order valence-corrected chi connectivity index (χ2v) is 6.43. The maximum absolute atomic E-state index is 12.5. The first-order valence-corrected chi connectivity index (χ1v) is 8.99. The van der Waals surface area contributed by atoms with E-state index in [0.717, 1.165) is 5.56 Å². The van der Waals surface area contributed by atoms with Crippen molar-refractivity contribution in [2.45, 2.75) is 13.2 Å². The molecule has 1 N–H and O–H groups in total. The summed E-state index contributed by atoms with van der Waals surface area (Å²) >= 11 is 0. The van der Waals surface area contributed by atoms with Gasteiger partial charge in [0.15, 0.2) is 5.65 Å². The molecule has 7 nitrogen and oxygen atoms in total. The summed E-state index contributed by atoms with van der Waals surface area (Å²) in [6, 6.07) is 17.8. The van der Waals surface area contributed by atoms with E-state index in [1.54, 1.807) is 42.6 Å². The summed E-state index contributed by atoms with van der Waals surface area (Å²) in [7, 11) is 0. The number of carbonyl (C=O) groups excluding carboxylic acids is 1. The Morgan fingerprint density at radius 3 is 2.70 bits per heavy atom. The summed E-state index contributed by atoms with van der Waals surface area (Å²) in [6.07, 6.45) is 1.64. The number of ether oxygens (including phenoxy) is 1. The quantitative estimate of drug-likeness (QED) is 0.529. The first kappa shape index (κ1) is 19.3. The molecular weight excluding hydrogens is 394 g/mol. The number of hydrogen-bond acceptors (Lipinski definition) is 4. The fourth-order valence-electron chi connectivity index (χ4n) is 3.01. The lowest BCUT2D eigenvalue weighted by molar-refractivity contribution is -0.0498. The molecule has 152 valence electrons. The summed E-state index contributed by atoms with van der Waals surface area (Å²) in [5, 5.41) is 6.99. The maximum atomic E-state index is 12.5. The molecule has 4 aromatic rings. The molecule has 0 saturated heterocycles. The number of carbonyl (C=O) groups is 1. The summed E-state index contributed by atoms with van der Waals surface area (Å²) < 4.78 is 31.8. The highest BCUT2D eigenvalue weighted by Gasteiger charge is 2.11. The molecule has 0 bridgehead atoms. The molecule has 0 aliphatic carbocycles. The average Bonchev–Trinajstić information content (AvgIpc) is 3.03. The number of nitrogens with zero attached hydrogens (tertiary/aromatic N) is 3. The second kappa shape index (κ2) is 8.16. The molecule has 4 rings (SSSR count). The topological polar surface area (TPSA) is 77.6 Å². The third-order valence-electron chi connectivity index (χ3n) is 4.33. The molecule has 2 heterocycles. The molecule has 0 atom stereocenters. The molecule has 0 unspecified atom stereocenters. The van der Waals surface area contributed by atoms with E-state index < -0.39 is 12.5 Å². The summed E-state index contributed by atoms with van der Waals surface area (Å²) in [5.74, 6) is -0.575. The Balaban J connectivity index is 1.51. The molecule has 0 fully saturated rings. The van der Waals surface area contributed by atoms with E-state index in [1.165, 1.54) is 33.3 Å². The molecule has 0 aliphatic heterocycles. The van der Waals surface area contributed by atoms with Crippen molar-refractivity contribution in [3.05, 3.63) is 94.5 Å². The van der Waals surface area contributed by atoms with Gasteiger partial charge in [0.05, 0.1) is 6.54 Å². The number of benzene rings is 2. The van der Waals surface area contributed by atoms with E-state index in [0.29, 0.717) is 11.3 Å². The molecule has 0 aliphatic rings. The van der Waals surface area contributed by atoms with Crippen LogP contribution in [0.3, 0.4) is 0 Å². The van der Waals surface area contributed by atoms with Crippen LogP contribution in [0.25, 0.3) is 5.65 Å². The van der Waals surface area contributed by atoms with Crippen LogP contribution >= 0.6 is 0 Å². The minimum absolute atomic E-state index is 0.0994. The summed E-state index contributed by atoms with van der Waals surface area (Å²) in [4.78, 5) is 24.9. The van der Waals surface area contributed by atoms with Crippen LogP contribution in [0.1, 0.15) is 15.9 Å². The lowest BCUT2D eigenvalue weighted by atomic mass is 10.1. The highest BCUT2D eigenvalue weighted by Crippen LogP contribution is 2.18. The van der Waals surface area contributed by atoms with Crippen LogP contribution in [0.5, 0.6) is 5.75 Å². The highest BCUT2D eigenvalue weighted by molar-refractivity contribution is 6.04. The van der Waals surface area contributed by atoms with Gasteiger partial charge in [-0.15, -0.1) is 5.10 Å². The molecule has 0 radical (unpaired) electrons. The van der Waals surface area contributed by atoms with Gasteiger partial charge in [-0.25, -0.2) is 9.48 Å². The Hall–Kier alpha value is -4.01. The number of anilines is 1. The Bertz CT molecular complexity index is 1270. The van der Waals surface area contributed by atoms with Crippen LogP contribution < -0.4 is 15.7 Å². The van der Waals surface area contributed by atoms with Crippen molar-refractivity contribution in [2.24, 2.45) is 0 Å². The fourth-order valence-corrected chi connectivity index (χ4v) is 3.01. The average molecular weight is 410 g/mol. The van der Waals surface area contributed by atoms with E-state index in [-0.39, 0.29) is 23.5 Å². The zero-order valence-electron chi connectivity index (χ0n) is 15.5. The van der Waals surface area contributed by atoms with Gasteiger partial charge in [-0.05, 0) is 48.0 Å². The van der Waals surface area contributed by atoms with Gasteiger partial charge in [-0.3, -0.25) is 9.20 Å². The number of halogens is 2. The Morgan fingerprint density at radius 2 is 1.90 bits per heavy atom. The Morgan fingerprint density at radius 1 is 1.07 bits per heavy atom. The number of pyridine rings is 1. The molecule has 0 saturated carbocycles. The van der Waals surface area contributed by atoms with Crippen molar-refractivity contribution in [1.29, 1.82) is 0 Å². The highest BCUT2D eigenvalue weighted by atomic mass is 19.3. The fraction of sp³-hybridized carbons (Fsp3) is 0.0952. The molecule has 30 heavy (non-hydrogen) atoms.